The second-order valence-corrected chi connectivity index (χ2v) is 9.35. The molecule has 1 fully saturated rings. The molecule has 0 spiro atoms. The summed E-state index contributed by atoms with van der Waals surface area (Å²) in [6, 6.07) is 11.9. The minimum Gasteiger partial charge on any atom is -0.343 e. The molecule has 1 aromatic heterocycles. The van der Waals surface area contributed by atoms with Crippen LogP contribution in [0.2, 0.25) is 0 Å². The third-order valence-corrected chi connectivity index (χ3v) is 6.83. The molecule has 29 heavy (non-hydrogen) atoms. The molecule has 2 heterocycles. The number of piperidine rings is 1. The summed E-state index contributed by atoms with van der Waals surface area (Å²) >= 11 is 0. The summed E-state index contributed by atoms with van der Waals surface area (Å²) in [6.07, 6.45) is 2.66. The summed E-state index contributed by atoms with van der Waals surface area (Å²) in [7, 11) is -3.49. The highest BCUT2D eigenvalue weighted by Gasteiger charge is 2.28. The Balaban J connectivity index is 1.47. The first kappa shape index (κ1) is 21.0. The number of carbonyl (C=O) groups excluding carboxylic acids is 2. The molecular weight excluding hydrogens is 390 g/mol. The van der Waals surface area contributed by atoms with Gasteiger partial charge in [0.1, 0.15) is 5.82 Å². The lowest BCUT2D eigenvalue weighted by Crippen LogP contribution is -2.42. The van der Waals surface area contributed by atoms with E-state index in [-0.39, 0.29) is 34.8 Å². The van der Waals surface area contributed by atoms with Gasteiger partial charge in [-0.1, -0.05) is 23.8 Å². The van der Waals surface area contributed by atoms with Gasteiger partial charge < -0.3 is 10.2 Å². The van der Waals surface area contributed by atoms with Gasteiger partial charge >= 0.3 is 0 Å². The molecule has 0 atom stereocenters. The molecule has 154 valence electrons. The Labute approximate surface area is 171 Å². The van der Waals surface area contributed by atoms with E-state index in [0.717, 1.165) is 5.56 Å². The van der Waals surface area contributed by atoms with Gasteiger partial charge in [-0.2, -0.15) is 0 Å². The van der Waals surface area contributed by atoms with E-state index in [0.29, 0.717) is 31.7 Å². The number of aryl methyl sites for hydroxylation is 1. The second-order valence-electron chi connectivity index (χ2n) is 7.24. The predicted octanol–water partition coefficient (Wildman–Crippen LogP) is 2.43. The molecule has 0 aliphatic carbocycles. The van der Waals surface area contributed by atoms with Gasteiger partial charge in [-0.3, -0.25) is 9.59 Å². The standard InChI is InChI=1S/C21H25N3O4S/c1-16-5-7-18(8-6-16)29(27,28)15-11-20(25)24-13-9-17(10-14-24)21(26)23-19-4-2-3-12-22-19/h2-8,12,17H,9-11,13-15H2,1H3,(H,22,23,26). The summed E-state index contributed by atoms with van der Waals surface area (Å²) in [5.41, 5.74) is 0.981. The molecular formula is C21H25N3O4S. The number of pyridine rings is 1. The predicted molar refractivity (Wildman–Crippen MR) is 110 cm³/mol. The van der Waals surface area contributed by atoms with E-state index in [4.69, 9.17) is 0 Å². The Morgan fingerprint density at radius 3 is 2.41 bits per heavy atom. The smallest absolute Gasteiger partial charge is 0.228 e. The van der Waals surface area contributed by atoms with Crippen molar-refractivity contribution in [2.75, 3.05) is 24.2 Å². The maximum atomic E-state index is 12.4. The Morgan fingerprint density at radius 1 is 1.10 bits per heavy atom. The zero-order valence-electron chi connectivity index (χ0n) is 16.4. The molecule has 3 rings (SSSR count). The highest BCUT2D eigenvalue weighted by Crippen LogP contribution is 2.20. The van der Waals surface area contributed by atoms with Gasteiger partial charge in [0, 0.05) is 31.6 Å². The Hall–Kier alpha value is -2.74. The van der Waals surface area contributed by atoms with E-state index in [1.165, 1.54) is 0 Å². The highest BCUT2D eigenvalue weighted by atomic mass is 32.2. The van der Waals surface area contributed by atoms with Gasteiger partial charge in [-0.15, -0.1) is 0 Å². The fraction of sp³-hybridized carbons (Fsp3) is 0.381. The van der Waals surface area contributed by atoms with Crippen LogP contribution < -0.4 is 5.32 Å². The van der Waals surface area contributed by atoms with Crippen LogP contribution in [0.1, 0.15) is 24.8 Å². The van der Waals surface area contributed by atoms with Crippen LogP contribution >= 0.6 is 0 Å². The minimum atomic E-state index is -3.49. The van der Waals surface area contributed by atoms with Gasteiger partial charge in [-0.25, -0.2) is 13.4 Å². The van der Waals surface area contributed by atoms with Crippen LogP contribution in [-0.2, 0) is 19.4 Å². The lowest BCUT2D eigenvalue weighted by Gasteiger charge is -2.31. The molecule has 0 bridgehead atoms. The van der Waals surface area contributed by atoms with Crippen molar-refractivity contribution >= 4 is 27.5 Å². The van der Waals surface area contributed by atoms with Crippen LogP contribution in [-0.4, -0.2) is 49.0 Å². The van der Waals surface area contributed by atoms with Crippen molar-refractivity contribution in [2.24, 2.45) is 5.92 Å². The molecule has 0 radical (unpaired) electrons. The fourth-order valence-electron chi connectivity index (χ4n) is 3.30. The largest absolute Gasteiger partial charge is 0.343 e. The normalized spacial score (nSPS) is 15.1. The second kappa shape index (κ2) is 9.17. The topological polar surface area (TPSA) is 96.4 Å². The average Bonchev–Trinajstić information content (AvgIpc) is 2.73. The first-order valence-electron chi connectivity index (χ1n) is 9.64. The molecule has 8 heteroatoms. The van der Waals surface area contributed by atoms with Gasteiger partial charge in [0.15, 0.2) is 9.84 Å². The van der Waals surface area contributed by atoms with Crippen molar-refractivity contribution in [3.8, 4) is 0 Å². The molecule has 0 unspecified atom stereocenters. The van der Waals surface area contributed by atoms with E-state index >= 15 is 0 Å². The van der Waals surface area contributed by atoms with Crippen molar-refractivity contribution in [2.45, 2.75) is 31.1 Å². The molecule has 1 saturated heterocycles. The third kappa shape index (κ3) is 5.63. The molecule has 7 nitrogen and oxygen atoms in total. The third-order valence-electron chi connectivity index (χ3n) is 5.10. The van der Waals surface area contributed by atoms with Crippen molar-refractivity contribution in [3.63, 3.8) is 0 Å². The summed E-state index contributed by atoms with van der Waals surface area (Å²) < 4.78 is 24.8. The maximum Gasteiger partial charge on any atom is 0.228 e. The number of anilines is 1. The van der Waals surface area contributed by atoms with Crippen LogP contribution in [0.25, 0.3) is 0 Å². The summed E-state index contributed by atoms with van der Waals surface area (Å²) in [4.78, 5) is 30.8. The molecule has 1 aliphatic rings. The molecule has 1 aromatic carbocycles. The maximum absolute atomic E-state index is 12.4. The van der Waals surface area contributed by atoms with Gasteiger partial charge in [-0.05, 0) is 44.0 Å². The number of hydrogen-bond donors (Lipinski definition) is 1. The van der Waals surface area contributed by atoms with Crippen LogP contribution in [0.4, 0.5) is 5.82 Å². The number of benzene rings is 1. The molecule has 2 amide bonds. The van der Waals surface area contributed by atoms with Crippen molar-refractivity contribution < 1.29 is 18.0 Å². The molecule has 2 aromatic rings. The van der Waals surface area contributed by atoms with Crippen LogP contribution in [0.5, 0.6) is 0 Å². The van der Waals surface area contributed by atoms with Crippen molar-refractivity contribution in [1.29, 1.82) is 0 Å². The molecule has 0 saturated carbocycles. The van der Waals surface area contributed by atoms with Crippen LogP contribution in [0, 0.1) is 12.8 Å². The van der Waals surface area contributed by atoms with Crippen molar-refractivity contribution in [3.05, 3.63) is 54.2 Å². The number of amides is 2. The number of aromatic nitrogens is 1. The minimum absolute atomic E-state index is 0.0546. The van der Waals surface area contributed by atoms with Gasteiger partial charge in [0.2, 0.25) is 11.8 Å². The van der Waals surface area contributed by atoms with E-state index in [2.05, 4.69) is 10.3 Å². The van der Waals surface area contributed by atoms with Crippen molar-refractivity contribution in [1.82, 2.24) is 9.88 Å². The zero-order valence-corrected chi connectivity index (χ0v) is 17.2. The van der Waals surface area contributed by atoms with Crippen LogP contribution in [0.15, 0.2) is 53.6 Å². The summed E-state index contributed by atoms with van der Waals surface area (Å²) in [5.74, 6) is -0.175. The average molecular weight is 416 g/mol. The van der Waals surface area contributed by atoms with Gasteiger partial charge in [0.25, 0.3) is 0 Å². The lowest BCUT2D eigenvalue weighted by molar-refractivity contribution is -0.134. The number of likely N-dealkylation sites (tertiary alicyclic amines) is 1. The van der Waals surface area contributed by atoms with E-state index in [1.807, 2.05) is 6.92 Å². The SMILES string of the molecule is Cc1ccc(S(=O)(=O)CCC(=O)N2CCC(C(=O)Nc3ccccn3)CC2)cc1. The highest BCUT2D eigenvalue weighted by molar-refractivity contribution is 7.91. The molecule has 1 aliphatic heterocycles. The molecule has 1 N–H and O–H groups in total. The van der Waals surface area contributed by atoms with E-state index in [1.54, 1.807) is 53.6 Å². The fourth-order valence-corrected chi connectivity index (χ4v) is 4.53. The Bertz CT molecular complexity index is 951. The lowest BCUT2D eigenvalue weighted by atomic mass is 9.95. The number of carbonyl (C=O) groups is 2. The quantitative estimate of drug-likeness (QED) is 0.782. The van der Waals surface area contributed by atoms with Crippen LogP contribution in [0.3, 0.4) is 0 Å². The van der Waals surface area contributed by atoms with Gasteiger partial charge in [0.05, 0.1) is 10.6 Å². The number of rotatable bonds is 6. The summed E-state index contributed by atoms with van der Waals surface area (Å²) in [5, 5.41) is 2.79. The first-order chi connectivity index (χ1) is 13.8. The van der Waals surface area contributed by atoms with E-state index in [9.17, 15) is 18.0 Å². The Kier molecular flexibility index (Phi) is 6.64. The number of nitrogens with zero attached hydrogens (tertiary/aromatic N) is 2. The number of nitrogens with one attached hydrogen (secondary N) is 1. The van der Waals surface area contributed by atoms with E-state index < -0.39 is 9.84 Å². The monoisotopic (exact) mass is 415 g/mol. The zero-order chi connectivity index (χ0) is 20.9. The Morgan fingerprint density at radius 2 is 1.79 bits per heavy atom. The first-order valence-corrected chi connectivity index (χ1v) is 11.3. The number of hydrogen-bond acceptors (Lipinski definition) is 5. The number of sulfone groups is 1. The summed E-state index contributed by atoms with van der Waals surface area (Å²) in [6.45, 7) is 2.79.